The van der Waals surface area contributed by atoms with Gasteiger partial charge in [-0.1, -0.05) is 48.0 Å². The van der Waals surface area contributed by atoms with Crippen LogP contribution in [0.25, 0.3) is 0 Å². The van der Waals surface area contributed by atoms with Crippen LogP contribution in [-0.4, -0.2) is 13.1 Å². The van der Waals surface area contributed by atoms with Crippen LogP contribution in [0.4, 0.5) is 0 Å². The summed E-state index contributed by atoms with van der Waals surface area (Å²) in [5.41, 5.74) is 5.44. The lowest BCUT2D eigenvalue weighted by atomic mass is 9.72. The summed E-state index contributed by atoms with van der Waals surface area (Å²) in [4.78, 5) is 0. The number of halogens is 1. The van der Waals surface area contributed by atoms with Crippen LogP contribution >= 0.6 is 11.6 Å². The molecule has 2 heteroatoms. The molecule has 0 bridgehead atoms. The van der Waals surface area contributed by atoms with Gasteiger partial charge in [0.25, 0.3) is 0 Å². The molecule has 0 saturated heterocycles. The van der Waals surface area contributed by atoms with Crippen molar-refractivity contribution in [1.29, 1.82) is 0 Å². The van der Waals surface area contributed by atoms with Gasteiger partial charge in [-0.05, 0) is 55.1 Å². The van der Waals surface area contributed by atoms with Crippen LogP contribution in [0.3, 0.4) is 0 Å². The van der Waals surface area contributed by atoms with Gasteiger partial charge in [0.2, 0.25) is 0 Å². The average molecular weight is 286 g/mol. The Kier molecular flexibility index (Phi) is 3.82. The van der Waals surface area contributed by atoms with Gasteiger partial charge in [-0.15, -0.1) is 0 Å². The van der Waals surface area contributed by atoms with Crippen molar-refractivity contribution < 1.29 is 0 Å². The topological polar surface area (TPSA) is 12.0 Å². The van der Waals surface area contributed by atoms with Gasteiger partial charge < -0.3 is 5.32 Å². The Labute approximate surface area is 126 Å². The molecule has 0 saturated carbocycles. The van der Waals surface area contributed by atoms with Crippen LogP contribution in [0.2, 0.25) is 5.02 Å². The summed E-state index contributed by atoms with van der Waals surface area (Å²) in [7, 11) is 2.05. The van der Waals surface area contributed by atoms with E-state index in [0.29, 0.717) is 12.0 Å². The summed E-state index contributed by atoms with van der Waals surface area (Å²) in [5, 5.41) is 4.36. The molecule has 0 radical (unpaired) electrons. The zero-order chi connectivity index (χ0) is 14.1. The molecule has 2 unspecified atom stereocenters. The lowest BCUT2D eigenvalue weighted by Crippen LogP contribution is -2.39. The highest BCUT2D eigenvalue weighted by Crippen LogP contribution is 2.38. The van der Waals surface area contributed by atoms with Gasteiger partial charge in [-0.2, -0.15) is 0 Å². The summed E-state index contributed by atoms with van der Waals surface area (Å²) >= 11 is 6.37. The number of fused-ring (bicyclic) bond motifs is 1. The Balaban J connectivity index is 1.79. The molecule has 1 N–H and O–H groups in total. The van der Waals surface area contributed by atoms with Crippen molar-refractivity contribution in [2.45, 2.75) is 31.7 Å². The van der Waals surface area contributed by atoms with E-state index in [4.69, 9.17) is 11.6 Å². The van der Waals surface area contributed by atoms with Crippen LogP contribution in [0.15, 0.2) is 42.5 Å². The summed E-state index contributed by atoms with van der Waals surface area (Å²) in [5.74, 6) is 0.605. The first kappa shape index (κ1) is 13.7. The zero-order valence-corrected chi connectivity index (χ0v) is 12.7. The molecule has 2 aromatic rings. The van der Waals surface area contributed by atoms with Gasteiger partial charge in [-0.25, -0.2) is 0 Å². The largest absolute Gasteiger partial charge is 0.316 e. The highest BCUT2D eigenvalue weighted by molar-refractivity contribution is 6.31. The SMILES string of the molecule is CNC(Cc1ccc(C)cc1Cl)C1Cc2ccccc21. The predicted octanol–water partition coefficient (Wildman–Crippen LogP) is 4.12. The molecule has 104 valence electrons. The van der Waals surface area contributed by atoms with E-state index >= 15 is 0 Å². The summed E-state index contributed by atoms with van der Waals surface area (Å²) in [6.07, 6.45) is 2.15. The maximum atomic E-state index is 6.37. The van der Waals surface area contributed by atoms with Crippen molar-refractivity contribution in [3.8, 4) is 0 Å². The van der Waals surface area contributed by atoms with Crippen LogP contribution < -0.4 is 5.32 Å². The molecule has 1 aliphatic carbocycles. The van der Waals surface area contributed by atoms with Gasteiger partial charge in [0, 0.05) is 17.0 Å². The Hall–Kier alpha value is -1.31. The molecule has 0 heterocycles. The molecule has 0 fully saturated rings. The monoisotopic (exact) mass is 285 g/mol. The quantitative estimate of drug-likeness (QED) is 0.891. The first-order chi connectivity index (χ1) is 9.69. The minimum absolute atomic E-state index is 0.449. The lowest BCUT2D eigenvalue weighted by Gasteiger charge is -2.36. The summed E-state index contributed by atoms with van der Waals surface area (Å²) in [6, 6.07) is 15.6. The number of aryl methyl sites for hydroxylation is 1. The Morgan fingerprint density at radius 1 is 1.25 bits per heavy atom. The lowest BCUT2D eigenvalue weighted by molar-refractivity contribution is 0.422. The molecule has 2 aromatic carbocycles. The molecule has 1 nitrogen and oxygen atoms in total. The highest BCUT2D eigenvalue weighted by atomic mass is 35.5. The van der Waals surface area contributed by atoms with Crippen molar-refractivity contribution in [3.63, 3.8) is 0 Å². The van der Waals surface area contributed by atoms with E-state index in [1.807, 2.05) is 7.05 Å². The number of hydrogen-bond acceptors (Lipinski definition) is 1. The number of benzene rings is 2. The molecule has 0 aliphatic heterocycles. The van der Waals surface area contributed by atoms with E-state index in [0.717, 1.165) is 11.4 Å². The Bertz CT molecular complexity index is 621. The Morgan fingerprint density at radius 3 is 2.75 bits per heavy atom. The van der Waals surface area contributed by atoms with Crippen molar-refractivity contribution in [1.82, 2.24) is 5.32 Å². The van der Waals surface area contributed by atoms with Gasteiger partial charge in [0.1, 0.15) is 0 Å². The number of nitrogens with one attached hydrogen (secondary N) is 1. The molecule has 0 amide bonds. The van der Waals surface area contributed by atoms with E-state index in [-0.39, 0.29) is 0 Å². The third-order valence-corrected chi connectivity index (χ3v) is 4.75. The predicted molar refractivity (Wildman–Crippen MR) is 85.6 cm³/mol. The fraction of sp³-hybridized carbons (Fsp3) is 0.333. The summed E-state index contributed by atoms with van der Waals surface area (Å²) < 4.78 is 0. The maximum absolute atomic E-state index is 6.37. The van der Waals surface area contributed by atoms with Gasteiger partial charge in [0.05, 0.1) is 0 Å². The minimum atomic E-state index is 0.449. The second-order valence-corrected chi connectivity index (χ2v) is 6.11. The van der Waals surface area contributed by atoms with E-state index < -0.39 is 0 Å². The second kappa shape index (κ2) is 5.59. The first-order valence-electron chi connectivity index (χ1n) is 7.19. The van der Waals surface area contributed by atoms with Crippen molar-refractivity contribution in [2.75, 3.05) is 7.05 Å². The molecule has 0 aromatic heterocycles. The van der Waals surface area contributed by atoms with Crippen molar-refractivity contribution in [2.24, 2.45) is 0 Å². The zero-order valence-electron chi connectivity index (χ0n) is 12.0. The van der Waals surface area contributed by atoms with Crippen LogP contribution in [0.5, 0.6) is 0 Å². The smallest absolute Gasteiger partial charge is 0.0441 e. The number of rotatable bonds is 4. The van der Waals surface area contributed by atoms with E-state index in [2.05, 4.69) is 54.7 Å². The van der Waals surface area contributed by atoms with Crippen LogP contribution in [0.1, 0.15) is 28.2 Å². The summed E-state index contributed by atoms with van der Waals surface area (Å²) in [6.45, 7) is 2.08. The number of likely N-dealkylation sites (N-methyl/N-ethyl adjacent to an activating group) is 1. The second-order valence-electron chi connectivity index (χ2n) is 5.70. The van der Waals surface area contributed by atoms with E-state index in [9.17, 15) is 0 Å². The Morgan fingerprint density at radius 2 is 2.05 bits per heavy atom. The van der Waals surface area contributed by atoms with Crippen molar-refractivity contribution in [3.05, 3.63) is 69.7 Å². The molecule has 20 heavy (non-hydrogen) atoms. The third-order valence-electron chi connectivity index (χ3n) is 4.40. The van der Waals surface area contributed by atoms with Crippen LogP contribution in [0, 0.1) is 6.92 Å². The van der Waals surface area contributed by atoms with Gasteiger partial charge in [0.15, 0.2) is 0 Å². The highest BCUT2D eigenvalue weighted by Gasteiger charge is 2.32. The average Bonchev–Trinajstić information content (AvgIpc) is 2.41. The fourth-order valence-corrected chi connectivity index (χ4v) is 3.47. The third kappa shape index (κ3) is 2.48. The molecular formula is C18H20ClN. The fourth-order valence-electron chi connectivity index (χ4n) is 3.16. The standard InChI is InChI=1S/C18H20ClN/c1-12-7-8-14(17(19)9-12)11-18(20-2)16-10-13-5-3-4-6-15(13)16/h3-9,16,18,20H,10-11H2,1-2H3. The van der Waals surface area contributed by atoms with Crippen molar-refractivity contribution >= 4 is 11.6 Å². The molecule has 0 spiro atoms. The molecule has 1 aliphatic rings. The van der Waals surface area contributed by atoms with E-state index in [1.165, 1.54) is 28.7 Å². The normalized spacial score (nSPS) is 18.2. The molecule has 2 atom stereocenters. The minimum Gasteiger partial charge on any atom is -0.316 e. The molecular weight excluding hydrogens is 266 g/mol. The number of hydrogen-bond donors (Lipinski definition) is 1. The maximum Gasteiger partial charge on any atom is 0.0441 e. The van der Waals surface area contributed by atoms with Gasteiger partial charge >= 0.3 is 0 Å². The van der Waals surface area contributed by atoms with Gasteiger partial charge in [-0.3, -0.25) is 0 Å². The molecule has 3 rings (SSSR count). The first-order valence-corrected chi connectivity index (χ1v) is 7.57. The van der Waals surface area contributed by atoms with Crippen LogP contribution in [-0.2, 0) is 12.8 Å². The van der Waals surface area contributed by atoms with E-state index in [1.54, 1.807) is 0 Å².